The highest BCUT2D eigenvalue weighted by Crippen LogP contribution is 2.20. The number of carbonyl (C=O) groups excluding carboxylic acids is 3. The predicted octanol–water partition coefficient (Wildman–Crippen LogP) is 2.36. The molecule has 2 rings (SSSR count). The quantitative estimate of drug-likeness (QED) is 0.667. The van der Waals surface area contributed by atoms with Crippen molar-refractivity contribution in [2.24, 2.45) is 0 Å². The standard InChI is InChI=1S/C17H19N3O4/c1-8-6-19-13(7-18-8)17(23)24-12(5)16(22)15-9(2)14(11(4)21)10(3)20-15/h6-7,12,20H,1-5H3/t12-/m0/s1. The van der Waals surface area contributed by atoms with Gasteiger partial charge in [0.15, 0.2) is 17.6 Å². The summed E-state index contributed by atoms with van der Waals surface area (Å²) in [6.45, 7) is 8.08. The molecule has 0 saturated carbocycles. The molecule has 0 saturated heterocycles. The second kappa shape index (κ2) is 6.74. The van der Waals surface area contributed by atoms with Crippen LogP contribution in [0.3, 0.4) is 0 Å². The van der Waals surface area contributed by atoms with Crippen LogP contribution in [0.25, 0.3) is 0 Å². The summed E-state index contributed by atoms with van der Waals surface area (Å²) in [6.07, 6.45) is 1.73. The van der Waals surface area contributed by atoms with Crippen molar-refractivity contribution in [2.75, 3.05) is 0 Å². The van der Waals surface area contributed by atoms with Crippen LogP contribution in [0.2, 0.25) is 0 Å². The molecule has 0 spiro atoms. The molecule has 7 heteroatoms. The van der Waals surface area contributed by atoms with Gasteiger partial charge in [-0.1, -0.05) is 0 Å². The molecule has 0 bridgehead atoms. The third kappa shape index (κ3) is 3.40. The number of ketones is 2. The number of nitrogens with zero attached hydrogens (tertiary/aromatic N) is 2. The number of aromatic nitrogens is 3. The van der Waals surface area contributed by atoms with Gasteiger partial charge < -0.3 is 9.72 Å². The monoisotopic (exact) mass is 329 g/mol. The van der Waals surface area contributed by atoms with Crippen LogP contribution in [-0.2, 0) is 4.74 Å². The number of nitrogens with one attached hydrogen (secondary N) is 1. The molecule has 0 aromatic carbocycles. The molecule has 0 unspecified atom stereocenters. The van der Waals surface area contributed by atoms with Gasteiger partial charge in [-0.05, 0) is 40.2 Å². The van der Waals surface area contributed by atoms with Crippen LogP contribution >= 0.6 is 0 Å². The van der Waals surface area contributed by atoms with Crippen molar-refractivity contribution < 1.29 is 19.1 Å². The molecular weight excluding hydrogens is 310 g/mol. The number of hydrogen-bond donors (Lipinski definition) is 1. The Morgan fingerprint density at radius 1 is 1.12 bits per heavy atom. The molecule has 7 nitrogen and oxygen atoms in total. The second-order valence-electron chi connectivity index (χ2n) is 5.64. The lowest BCUT2D eigenvalue weighted by Crippen LogP contribution is -2.26. The van der Waals surface area contributed by atoms with Crippen LogP contribution < -0.4 is 0 Å². The van der Waals surface area contributed by atoms with Crippen molar-refractivity contribution in [3.63, 3.8) is 0 Å². The highest BCUT2D eigenvalue weighted by molar-refractivity contribution is 6.05. The zero-order chi connectivity index (χ0) is 18.0. The molecule has 1 N–H and O–H groups in total. The van der Waals surface area contributed by atoms with Crippen LogP contribution in [0.4, 0.5) is 0 Å². The molecule has 0 radical (unpaired) electrons. The van der Waals surface area contributed by atoms with E-state index in [1.807, 2.05) is 0 Å². The molecule has 0 aliphatic heterocycles. The number of aryl methyl sites for hydroxylation is 2. The summed E-state index contributed by atoms with van der Waals surface area (Å²) in [7, 11) is 0. The molecule has 24 heavy (non-hydrogen) atoms. The molecule has 1 atom stereocenters. The van der Waals surface area contributed by atoms with E-state index in [0.717, 1.165) is 0 Å². The maximum absolute atomic E-state index is 12.5. The van der Waals surface area contributed by atoms with Crippen LogP contribution in [0.5, 0.6) is 0 Å². The highest BCUT2D eigenvalue weighted by Gasteiger charge is 2.26. The molecular formula is C17H19N3O4. The SMILES string of the molecule is CC(=O)c1c(C)[nH]c(C(=O)[C@H](C)OC(=O)c2cnc(C)cn2)c1C. The van der Waals surface area contributed by atoms with Gasteiger partial charge in [0.05, 0.1) is 17.6 Å². The largest absolute Gasteiger partial charge is 0.449 e. The maximum atomic E-state index is 12.5. The van der Waals surface area contributed by atoms with E-state index in [2.05, 4.69) is 15.0 Å². The topological polar surface area (TPSA) is 102 Å². The fraction of sp³-hybridized carbons (Fsp3) is 0.353. The first kappa shape index (κ1) is 17.5. The van der Waals surface area contributed by atoms with Crippen molar-refractivity contribution in [1.29, 1.82) is 0 Å². The molecule has 2 aromatic heterocycles. The summed E-state index contributed by atoms with van der Waals surface area (Å²) < 4.78 is 5.16. The Morgan fingerprint density at radius 2 is 1.79 bits per heavy atom. The van der Waals surface area contributed by atoms with E-state index < -0.39 is 17.9 Å². The minimum Gasteiger partial charge on any atom is -0.449 e. The summed E-state index contributed by atoms with van der Waals surface area (Å²) in [6, 6.07) is 0. The summed E-state index contributed by atoms with van der Waals surface area (Å²) >= 11 is 0. The smallest absolute Gasteiger partial charge is 0.359 e. The molecule has 2 aromatic rings. The zero-order valence-corrected chi connectivity index (χ0v) is 14.3. The minimum atomic E-state index is -1.02. The fourth-order valence-corrected chi connectivity index (χ4v) is 2.50. The molecule has 0 aliphatic carbocycles. The number of rotatable bonds is 5. The van der Waals surface area contributed by atoms with Gasteiger partial charge in [0.2, 0.25) is 5.78 Å². The number of esters is 1. The van der Waals surface area contributed by atoms with E-state index >= 15 is 0 Å². The fourth-order valence-electron chi connectivity index (χ4n) is 2.50. The Labute approximate surface area is 139 Å². The van der Waals surface area contributed by atoms with Crippen LogP contribution in [0.1, 0.15) is 62.1 Å². The Kier molecular flexibility index (Phi) is 4.92. The summed E-state index contributed by atoms with van der Waals surface area (Å²) in [4.78, 5) is 47.0. The average Bonchev–Trinajstić information content (AvgIpc) is 2.81. The zero-order valence-electron chi connectivity index (χ0n) is 14.3. The van der Waals surface area contributed by atoms with E-state index in [0.29, 0.717) is 22.5 Å². The number of aromatic amines is 1. The summed E-state index contributed by atoms with van der Waals surface area (Å²) in [5.74, 6) is -1.26. The normalized spacial score (nSPS) is 11.9. The Balaban J connectivity index is 2.18. The highest BCUT2D eigenvalue weighted by atomic mass is 16.5. The third-order valence-electron chi connectivity index (χ3n) is 3.68. The van der Waals surface area contributed by atoms with Crippen LogP contribution in [0.15, 0.2) is 12.4 Å². The Bertz CT molecular complexity index is 806. The molecule has 0 aliphatic rings. The average molecular weight is 329 g/mol. The number of carbonyl (C=O) groups is 3. The Hall–Kier alpha value is -2.83. The van der Waals surface area contributed by atoms with E-state index in [1.54, 1.807) is 20.8 Å². The van der Waals surface area contributed by atoms with Crippen molar-refractivity contribution in [2.45, 2.75) is 40.7 Å². The van der Waals surface area contributed by atoms with Crippen LogP contribution in [0, 0.1) is 20.8 Å². The first-order valence-electron chi connectivity index (χ1n) is 7.46. The van der Waals surface area contributed by atoms with Crippen LogP contribution in [-0.4, -0.2) is 38.6 Å². The molecule has 0 amide bonds. The summed E-state index contributed by atoms with van der Waals surface area (Å²) in [5, 5.41) is 0. The van der Waals surface area contributed by atoms with E-state index in [4.69, 9.17) is 4.74 Å². The van der Waals surface area contributed by atoms with Gasteiger partial charge in [0, 0.05) is 17.5 Å². The van der Waals surface area contributed by atoms with Gasteiger partial charge >= 0.3 is 5.97 Å². The number of Topliss-reactive ketones (excluding diaryl/α,β-unsaturated/α-hetero) is 2. The first-order chi connectivity index (χ1) is 11.2. The van der Waals surface area contributed by atoms with Crippen molar-refractivity contribution >= 4 is 17.5 Å². The van der Waals surface area contributed by atoms with E-state index in [9.17, 15) is 14.4 Å². The van der Waals surface area contributed by atoms with Gasteiger partial charge in [0.1, 0.15) is 0 Å². The first-order valence-corrected chi connectivity index (χ1v) is 7.46. The third-order valence-corrected chi connectivity index (χ3v) is 3.68. The lowest BCUT2D eigenvalue weighted by Gasteiger charge is -2.11. The lowest BCUT2D eigenvalue weighted by molar-refractivity contribution is 0.0310. The van der Waals surface area contributed by atoms with Crippen molar-refractivity contribution in [3.8, 4) is 0 Å². The number of hydrogen-bond acceptors (Lipinski definition) is 6. The van der Waals surface area contributed by atoms with Gasteiger partial charge in [-0.15, -0.1) is 0 Å². The summed E-state index contributed by atoms with van der Waals surface area (Å²) in [5.41, 5.74) is 2.64. The predicted molar refractivity (Wildman–Crippen MR) is 86.2 cm³/mol. The number of ether oxygens (including phenoxy) is 1. The lowest BCUT2D eigenvalue weighted by atomic mass is 10.0. The van der Waals surface area contributed by atoms with Crippen molar-refractivity contribution in [3.05, 3.63) is 46.3 Å². The molecule has 2 heterocycles. The van der Waals surface area contributed by atoms with Crippen molar-refractivity contribution in [1.82, 2.24) is 15.0 Å². The van der Waals surface area contributed by atoms with E-state index in [1.165, 1.54) is 26.2 Å². The number of H-pyrrole nitrogens is 1. The molecule has 0 fully saturated rings. The van der Waals surface area contributed by atoms with Gasteiger partial charge in [0.25, 0.3) is 0 Å². The second-order valence-corrected chi connectivity index (χ2v) is 5.64. The molecule has 126 valence electrons. The van der Waals surface area contributed by atoms with E-state index in [-0.39, 0.29) is 17.2 Å². The van der Waals surface area contributed by atoms with Gasteiger partial charge in [-0.2, -0.15) is 0 Å². The Morgan fingerprint density at radius 3 is 2.29 bits per heavy atom. The minimum absolute atomic E-state index is 0.0315. The van der Waals surface area contributed by atoms with Gasteiger partial charge in [-0.3, -0.25) is 14.6 Å². The maximum Gasteiger partial charge on any atom is 0.359 e. The van der Waals surface area contributed by atoms with Gasteiger partial charge in [-0.25, -0.2) is 9.78 Å².